The minimum Gasteiger partial charge on any atom is -0.494 e. The lowest BCUT2D eigenvalue weighted by Crippen LogP contribution is -2.41. The second-order valence-electron chi connectivity index (χ2n) is 13.6. The maximum Gasteiger partial charge on any atom is 0.410 e. The van der Waals surface area contributed by atoms with E-state index < -0.39 is 17.2 Å². The van der Waals surface area contributed by atoms with Gasteiger partial charge in [-0.15, -0.1) is 0 Å². The average Bonchev–Trinajstić information content (AvgIpc) is 3.44. The smallest absolute Gasteiger partial charge is 0.410 e. The summed E-state index contributed by atoms with van der Waals surface area (Å²) in [5.41, 5.74) is 2.42. The number of nitrogens with zero attached hydrogens (tertiary/aromatic N) is 6. The number of nitrogens with one attached hydrogen (secondary N) is 1. The molecule has 2 aromatic carbocycles. The highest BCUT2D eigenvalue weighted by Crippen LogP contribution is 2.34. The Morgan fingerprint density at radius 3 is 2.41 bits per heavy atom. The van der Waals surface area contributed by atoms with E-state index in [4.69, 9.17) is 24.5 Å². The Morgan fingerprint density at radius 1 is 1.00 bits per heavy atom. The van der Waals surface area contributed by atoms with Gasteiger partial charge in [0.25, 0.3) is 0 Å². The van der Waals surface area contributed by atoms with Gasteiger partial charge in [-0.05, 0) is 65.7 Å². The number of carbonyl (C=O) groups excluding carboxylic acids is 2. The van der Waals surface area contributed by atoms with E-state index in [2.05, 4.69) is 10.3 Å². The Balaban J connectivity index is 1.38. The SMILES string of the molecule is CCOc1cc(F)c(Cn2nc(-c3nc(Nc4ccnc(CC(C)=O)c4)cc(C4CCN(C(=O)OC(C)(C)C)CC4)n3)c3ccccc32)c(F)c1. The molecule has 0 unspecified atom stereocenters. The molecule has 6 rings (SSSR count). The van der Waals surface area contributed by atoms with Crippen LogP contribution in [-0.4, -0.2) is 66.8 Å². The molecule has 0 aliphatic carbocycles. The molecule has 1 aliphatic heterocycles. The highest BCUT2D eigenvalue weighted by molar-refractivity contribution is 5.92. The van der Waals surface area contributed by atoms with E-state index >= 15 is 8.78 Å². The molecule has 13 heteroatoms. The fraction of sp³-hybridized carbons (Fsp3) is 0.368. The van der Waals surface area contributed by atoms with Gasteiger partial charge in [-0.1, -0.05) is 18.2 Å². The summed E-state index contributed by atoms with van der Waals surface area (Å²) in [6.07, 6.45) is 2.79. The molecule has 3 aromatic heterocycles. The number of benzene rings is 2. The van der Waals surface area contributed by atoms with Crippen LogP contribution in [0.1, 0.15) is 70.3 Å². The maximum absolute atomic E-state index is 15.2. The Kier molecular flexibility index (Phi) is 10.3. The fourth-order valence-electron chi connectivity index (χ4n) is 6.13. The van der Waals surface area contributed by atoms with Crippen molar-refractivity contribution in [3.05, 3.63) is 89.4 Å². The number of halogens is 2. The molecule has 1 fully saturated rings. The Bertz CT molecular complexity index is 2050. The van der Waals surface area contributed by atoms with Crippen LogP contribution >= 0.6 is 0 Å². The maximum atomic E-state index is 15.2. The van der Waals surface area contributed by atoms with Crippen molar-refractivity contribution >= 4 is 34.3 Å². The standard InChI is InChI=1S/C38H41F2N7O4/c1-6-50-27-19-30(39)29(31(40)20-27)22-47-33-10-8-7-9-28(33)35(45-47)36-43-32(24-12-15-46(16-13-24)37(49)51-38(3,4)5)21-34(44-36)42-25-11-14-41-26(18-25)17-23(2)48/h7-11,14,18-21,24H,6,12-13,15-17,22H2,1-5H3,(H,41,42,43,44). The normalized spacial score (nSPS) is 13.7. The van der Waals surface area contributed by atoms with Crippen molar-refractivity contribution < 1.29 is 27.8 Å². The topological polar surface area (TPSA) is 124 Å². The summed E-state index contributed by atoms with van der Waals surface area (Å²) in [7, 11) is 0. The summed E-state index contributed by atoms with van der Waals surface area (Å²) in [4.78, 5) is 40.4. The third-order valence-electron chi connectivity index (χ3n) is 8.43. The quantitative estimate of drug-likeness (QED) is 0.157. The number of Topliss-reactive ketones (excluding diaryl/α,β-unsaturated/α-hetero) is 1. The van der Waals surface area contributed by atoms with Crippen LogP contribution in [0.2, 0.25) is 0 Å². The van der Waals surface area contributed by atoms with Crippen molar-refractivity contribution in [1.82, 2.24) is 29.6 Å². The third kappa shape index (κ3) is 8.47. The van der Waals surface area contributed by atoms with E-state index in [1.807, 2.05) is 51.1 Å². The Labute approximate surface area is 295 Å². The number of carbonyl (C=O) groups is 2. The summed E-state index contributed by atoms with van der Waals surface area (Å²) in [6.45, 7) is 9.90. The van der Waals surface area contributed by atoms with Gasteiger partial charge in [0.1, 0.15) is 40.3 Å². The summed E-state index contributed by atoms with van der Waals surface area (Å²) in [5, 5.41) is 8.89. The second kappa shape index (κ2) is 14.8. The zero-order chi connectivity index (χ0) is 36.3. The largest absolute Gasteiger partial charge is 0.494 e. The van der Waals surface area contributed by atoms with E-state index in [-0.39, 0.29) is 48.7 Å². The number of anilines is 2. The van der Waals surface area contributed by atoms with E-state index in [0.717, 1.165) is 5.69 Å². The number of hydrogen-bond donors (Lipinski definition) is 1. The molecule has 0 atom stereocenters. The molecule has 4 heterocycles. The fourth-order valence-corrected chi connectivity index (χ4v) is 6.13. The number of fused-ring (bicyclic) bond motifs is 1. The number of likely N-dealkylation sites (tertiary alicyclic amines) is 1. The van der Waals surface area contributed by atoms with Crippen LogP contribution in [0.5, 0.6) is 5.75 Å². The van der Waals surface area contributed by atoms with Crippen LogP contribution in [-0.2, 0) is 22.5 Å². The van der Waals surface area contributed by atoms with Gasteiger partial charge in [-0.2, -0.15) is 5.10 Å². The number of rotatable bonds is 10. The zero-order valence-corrected chi connectivity index (χ0v) is 29.4. The molecule has 1 N–H and O–H groups in total. The molecule has 51 heavy (non-hydrogen) atoms. The molecule has 0 spiro atoms. The predicted molar refractivity (Wildman–Crippen MR) is 189 cm³/mol. The van der Waals surface area contributed by atoms with Crippen LogP contribution in [0.3, 0.4) is 0 Å². The summed E-state index contributed by atoms with van der Waals surface area (Å²) in [6, 6.07) is 15.2. The lowest BCUT2D eigenvalue weighted by molar-refractivity contribution is -0.116. The molecule has 266 valence electrons. The summed E-state index contributed by atoms with van der Waals surface area (Å²) < 4.78 is 42.8. The average molecular weight is 698 g/mol. The second-order valence-corrected chi connectivity index (χ2v) is 13.6. The van der Waals surface area contributed by atoms with Crippen LogP contribution in [0.25, 0.3) is 22.4 Å². The Morgan fingerprint density at radius 2 is 1.73 bits per heavy atom. The first-order valence-electron chi connectivity index (χ1n) is 17.0. The third-order valence-corrected chi connectivity index (χ3v) is 8.43. The van der Waals surface area contributed by atoms with Crippen molar-refractivity contribution in [2.75, 3.05) is 25.0 Å². The van der Waals surface area contributed by atoms with Gasteiger partial charge < -0.3 is 19.7 Å². The molecule has 1 aliphatic rings. The van der Waals surface area contributed by atoms with Crippen molar-refractivity contribution in [2.24, 2.45) is 0 Å². The van der Waals surface area contributed by atoms with Crippen molar-refractivity contribution in [3.8, 4) is 17.3 Å². The van der Waals surface area contributed by atoms with Gasteiger partial charge in [-0.3, -0.25) is 14.5 Å². The first-order valence-corrected chi connectivity index (χ1v) is 17.0. The number of pyridine rings is 1. The van der Waals surface area contributed by atoms with Gasteiger partial charge in [0.15, 0.2) is 5.82 Å². The minimum absolute atomic E-state index is 0.00269. The van der Waals surface area contributed by atoms with Gasteiger partial charge in [0.05, 0.1) is 18.7 Å². The van der Waals surface area contributed by atoms with E-state index in [1.54, 1.807) is 34.8 Å². The molecule has 5 aromatic rings. The molecular weight excluding hydrogens is 656 g/mol. The lowest BCUT2D eigenvalue weighted by Gasteiger charge is -2.33. The number of amides is 1. The molecule has 0 radical (unpaired) electrons. The van der Waals surface area contributed by atoms with E-state index in [1.165, 1.54) is 19.1 Å². The van der Waals surface area contributed by atoms with Crippen molar-refractivity contribution in [3.63, 3.8) is 0 Å². The first-order chi connectivity index (χ1) is 24.4. The molecular formula is C38H41F2N7O4. The zero-order valence-electron chi connectivity index (χ0n) is 29.4. The minimum atomic E-state index is -0.733. The number of para-hydroxylation sites is 1. The molecule has 1 saturated heterocycles. The number of aromatic nitrogens is 5. The van der Waals surface area contributed by atoms with Crippen LogP contribution in [0, 0.1) is 11.6 Å². The highest BCUT2D eigenvalue weighted by Gasteiger charge is 2.29. The number of ether oxygens (including phenoxy) is 2. The van der Waals surface area contributed by atoms with E-state index in [9.17, 15) is 9.59 Å². The van der Waals surface area contributed by atoms with Crippen LogP contribution < -0.4 is 10.1 Å². The monoisotopic (exact) mass is 697 g/mol. The number of ketones is 1. The number of hydrogen-bond acceptors (Lipinski definition) is 9. The first kappa shape index (κ1) is 35.4. The Hall–Kier alpha value is -5.46. The molecule has 0 saturated carbocycles. The lowest BCUT2D eigenvalue weighted by atomic mass is 9.93. The summed E-state index contributed by atoms with van der Waals surface area (Å²) >= 11 is 0. The van der Waals surface area contributed by atoms with Gasteiger partial charge in [-0.25, -0.2) is 23.5 Å². The van der Waals surface area contributed by atoms with Gasteiger partial charge in [0.2, 0.25) is 0 Å². The molecule has 1 amide bonds. The number of piperidine rings is 1. The van der Waals surface area contributed by atoms with Gasteiger partial charge >= 0.3 is 6.09 Å². The molecule has 11 nitrogen and oxygen atoms in total. The summed E-state index contributed by atoms with van der Waals surface area (Å²) in [5.74, 6) is -0.537. The molecule has 0 bridgehead atoms. The van der Waals surface area contributed by atoms with Crippen LogP contribution in [0.15, 0.2) is 60.8 Å². The van der Waals surface area contributed by atoms with Crippen molar-refractivity contribution in [1.29, 1.82) is 0 Å². The van der Waals surface area contributed by atoms with Gasteiger partial charge in [0, 0.05) is 77.8 Å². The predicted octanol–water partition coefficient (Wildman–Crippen LogP) is 7.60. The highest BCUT2D eigenvalue weighted by atomic mass is 19.1. The van der Waals surface area contributed by atoms with E-state index in [0.29, 0.717) is 65.6 Å². The van der Waals surface area contributed by atoms with Crippen LogP contribution in [0.4, 0.5) is 25.1 Å². The van der Waals surface area contributed by atoms with Crippen molar-refractivity contribution in [2.45, 2.75) is 71.9 Å².